The number of halogens is 1. The lowest BCUT2D eigenvalue weighted by Gasteiger charge is -2.09. The van der Waals surface area contributed by atoms with Gasteiger partial charge in [0.1, 0.15) is 5.75 Å². The predicted octanol–water partition coefficient (Wildman–Crippen LogP) is 3.76. The van der Waals surface area contributed by atoms with Gasteiger partial charge in [0.15, 0.2) is 5.82 Å². The van der Waals surface area contributed by atoms with Crippen molar-refractivity contribution in [1.82, 2.24) is 9.97 Å². The number of aromatic nitrogens is 2. The summed E-state index contributed by atoms with van der Waals surface area (Å²) in [5, 5.41) is 0.595. The molecule has 2 aromatic rings. The fourth-order valence-electron chi connectivity index (χ4n) is 1.79. The van der Waals surface area contributed by atoms with Gasteiger partial charge in [-0.05, 0) is 24.1 Å². The summed E-state index contributed by atoms with van der Waals surface area (Å²) in [6.45, 7) is 2.13. The van der Waals surface area contributed by atoms with Crippen LogP contribution in [0.4, 0.5) is 0 Å². The third-order valence-electron chi connectivity index (χ3n) is 2.66. The van der Waals surface area contributed by atoms with Crippen LogP contribution in [0.25, 0.3) is 11.4 Å². The van der Waals surface area contributed by atoms with E-state index in [1.54, 1.807) is 7.11 Å². The van der Waals surface area contributed by atoms with Crippen LogP contribution in [0, 0.1) is 0 Å². The maximum atomic E-state index is 6.18. The first-order chi connectivity index (χ1) is 8.76. The lowest BCUT2D eigenvalue weighted by atomic mass is 10.1. The normalized spacial score (nSPS) is 10.4. The van der Waals surface area contributed by atoms with Crippen LogP contribution in [0.3, 0.4) is 0 Å². The molecule has 0 unspecified atom stereocenters. The van der Waals surface area contributed by atoms with E-state index in [0.29, 0.717) is 16.6 Å². The largest absolute Gasteiger partial charge is 0.496 e. The van der Waals surface area contributed by atoms with E-state index in [4.69, 9.17) is 16.3 Å². The van der Waals surface area contributed by atoms with Crippen molar-refractivity contribution >= 4 is 11.6 Å². The van der Waals surface area contributed by atoms with Gasteiger partial charge in [-0.25, -0.2) is 9.97 Å². The Bertz CT molecular complexity index is 526. The summed E-state index contributed by atoms with van der Waals surface area (Å²) in [6, 6.07) is 5.50. The van der Waals surface area contributed by atoms with E-state index in [-0.39, 0.29) is 0 Å². The highest BCUT2D eigenvalue weighted by atomic mass is 35.5. The number of hydrogen-bond donors (Lipinski definition) is 0. The first-order valence-corrected chi connectivity index (χ1v) is 6.27. The average Bonchev–Trinajstić information content (AvgIpc) is 2.40. The van der Waals surface area contributed by atoms with Gasteiger partial charge in [-0.1, -0.05) is 31.0 Å². The number of ether oxygens (including phenoxy) is 1. The Morgan fingerprint density at radius 1 is 1.22 bits per heavy atom. The van der Waals surface area contributed by atoms with Crippen molar-refractivity contribution in [3.63, 3.8) is 0 Å². The highest BCUT2D eigenvalue weighted by Crippen LogP contribution is 2.33. The topological polar surface area (TPSA) is 35.0 Å². The van der Waals surface area contributed by atoms with Crippen LogP contribution < -0.4 is 4.74 Å². The van der Waals surface area contributed by atoms with Gasteiger partial charge in [0.2, 0.25) is 0 Å². The zero-order valence-corrected chi connectivity index (χ0v) is 11.2. The van der Waals surface area contributed by atoms with E-state index in [0.717, 1.165) is 24.0 Å². The summed E-state index contributed by atoms with van der Waals surface area (Å²) in [7, 11) is 1.61. The van der Waals surface area contributed by atoms with E-state index in [1.807, 2.05) is 30.6 Å². The first kappa shape index (κ1) is 12.8. The highest BCUT2D eigenvalue weighted by Gasteiger charge is 2.12. The summed E-state index contributed by atoms with van der Waals surface area (Å²) < 4.78 is 5.29. The molecule has 0 saturated carbocycles. The summed E-state index contributed by atoms with van der Waals surface area (Å²) >= 11 is 6.18. The van der Waals surface area contributed by atoms with E-state index in [2.05, 4.69) is 16.9 Å². The van der Waals surface area contributed by atoms with Crippen LogP contribution in [0.15, 0.2) is 30.6 Å². The highest BCUT2D eigenvalue weighted by molar-refractivity contribution is 6.33. The summed E-state index contributed by atoms with van der Waals surface area (Å²) in [6.07, 6.45) is 5.75. The third-order valence-corrected chi connectivity index (χ3v) is 2.98. The summed E-state index contributed by atoms with van der Waals surface area (Å²) in [5.74, 6) is 1.28. The minimum absolute atomic E-state index is 0.595. The molecule has 0 aliphatic carbocycles. The van der Waals surface area contributed by atoms with Gasteiger partial charge in [0, 0.05) is 12.4 Å². The Morgan fingerprint density at radius 2 is 1.94 bits per heavy atom. The molecule has 18 heavy (non-hydrogen) atoms. The molecule has 0 fully saturated rings. The van der Waals surface area contributed by atoms with Gasteiger partial charge in [0.25, 0.3) is 0 Å². The molecule has 0 radical (unpaired) electrons. The predicted molar refractivity (Wildman–Crippen MR) is 73.0 cm³/mol. The Kier molecular flexibility index (Phi) is 4.15. The molecule has 0 atom stereocenters. The maximum Gasteiger partial charge on any atom is 0.164 e. The second-order valence-corrected chi connectivity index (χ2v) is 4.39. The Morgan fingerprint density at radius 3 is 2.56 bits per heavy atom. The number of nitrogens with zero attached hydrogens (tertiary/aromatic N) is 2. The van der Waals surface area contributed by atoms with Crippen molar-refractivity contribution in [2.45, 2.75) is 19.8 Å². The van der Waals surface area contributed by atoms with Crippen LogP contribution >= 0.6 is 11.6 Å². The summed E-state index contributed by atoms with van der Waals surface area (Å²) in [5.41, 5.74) is 1.87. The first-order valence-electron chi connectivity index (χ1n) is 5.90. The van der Waals surface area contributed by atoms with Gasteiger partial charge in [-0.3, -0.25) is 0 Å². The van der Waals surface area contributed by atoms with Crippen molar-refractivity contribution in [1.29, 1.82) is 0 Å². The fourth-order valence-corrected chi connectivity index (χ4v) is 2.04. The minimum Gasteiger partial charge on any atom is -0.496 e. The number of rotatable bonds is 4. The number of aryl methyl sites for hydroxylation is 1. The molecule has 0 bridgehead atoms. The smallest absolute Gasteiger partial charge is 0.164 e. The molecule has 94 valence electrons. The molecule has 1 aromatic heterocycles. The molecule has 4 heteroatoms. The monoisotopic (exact) mass is 262 g/mol. The van der Waals surface area contributed by atoms with Crippen molar-refractivity contribution in [3.05, 3.63) is 41.2 Å². The average molecular weight is 263 g/mol. The standard InChI is InChI=1S/C14H15ClN2O/c1-3-5-10-8-16-14(17-9-10)13-11(15)6-4-7-12(13)18-2/h4,6-9H,3,5H2,1-2H3. The zero-order chi connectivity index (χ0) is 13.0. The van der Waals surface area contributed by atoms with Crippen molar-refractivity contribution < 1.29 is 4.74 Å². The molecule has 0 amide bonds. The molecule has 0 aliphatic heterocycles. The Labute approximate surface area is 112 Å². The fraction of sp³-hybridized carbons (Fsp3) is 0.286. The maximum absolute atomic E-state index is 6.18. The molecule has 1 aromatic carbocycles. The third kappa shape index (κ3) is 2.62. The van der Waals surface area contributed by atoms with Crippen molar-refractivity contribution in [2.75, 3.05) is 7.11 Å². The lowest BCUT2D eigenvalue weighted by molar-refractivity contribution is 0.416. The number of benzene rings is 1. The second kappa shape index (κ2) is 5.83. The van der Waals surface area contributed by atoms with Gasteiger partial charge in [-0.2, -0.15) is 0 Å². The van der Waals surface area contributed by atoms with E-state index in [1.165, 1.54) is 0 Å². The number of hydrogen-bond acceptors (Lipinski definition) is 3. The van der Waals surface area contributed by atoms with Crippen molar-refractivity contribution in [2.24, 2.45) is 0 Å². The Hall–Kier alpha value is -1.61. The van der Waals surface area contributed by atoms with Gasteiger partial charge < -0.3 is 4.74 Å². The summed E-state index contributed by atoms with van der Waals surface area (Å²) in [4.78, 5) is 8.72. The lowest BCUT2D eigenvalue weighted by Crippen LogP contribution is -1.95. The molecule has 2 rings (SSSR count). The van der Waals surface area contributed by atoms with Crippen LogP contribution in [0.2, 0.25) is 5.02 Å². The van der Waals surface area contributed by atoms with Crippen LogP contribution in [-0.2, 0) is 6.42 Å². The molecule has 0 aliphatic rings. The van der Waals surface area contributed by atoms with Crippen LogP contribution in [0.1, 0.15) is 18.9 Å². The number of methoxy groups -OCH3 is 1. The van der Waals surface area contributed by atoms with Gasteiger partial charge >= 0.3 is 0 Å². The molecule has 0 saturated heterocycles. The van der Waals surface area contributed by atoms with E-state index in [9.17, 15) is 0 Å². The van der Waals surface area contributed by atoms with Gasteiger partial charge in [0.05, 0.1) is 17.7 Å². The van der Waals surface area contributed by atoms with Crippen LogP contribution in [0.5, 0.6) is 5.75 Å². The molecule has 0 spiro atoms. The molecule has 3 nitrogen and oxygen atoms in total. The second-order valence-electron chi connectivity index (χ2n) is 3.98. The molecule has 0 N–H and O–H groups in total. The molecular weight excluding hydrogens is 248 g/mol. The quantitative estimate of drug-likeness (QED) is 0.842. The van der Waals surface area contributed by atoms with Crippen molar-refractivity contribution in [3.8, 4) is 17.1 Å². The van der Waals surface area contributed by atoms with Crippen LogP contribution in [-0.4, -0.2) is 17.1 Å². The SMILES string of the molecule is CCCc1cnc(-c2c(Cl)cccc2OC)nc1. The van der Waals surface area contributed by atoms with E-state index >= 15 is 0 Å². The van der Waals surface area contributed by atoms with Gasteiger partial charge in [-0.15, -0.1) is 0 Å². The molecular formula is C14H15ClN2O. The minimum atomic E-state index is 0.595. The van der Waals surface area contributed by atoms with E-state index < -0.39 is 0 Å². The zero-order valence-electron chi connectivity index (χ0n) is 10.5. The molecule has 1 heterocycles. The Balaban J connectivity index is 2.42.